The molecule has 0 saturated carbocycles. The number of carboxylic acid groups (broad SMARTS) is 1. The van der Waals surface area contributed by atoms with Gasteiger partial charge in [0.2, 0.25) is 0 Å². The van der Waals surface area contributed by atoms with Crippen molar-refractivity contribution in [2.24, 2.45) is 5.92 Å². The van der Waals surface area contributed by atoms with Crippen molar-refractivity contribution in [2.75, 3.05) is 7.05 Å². The van der Waals surface area contributed by atoms with Crippen LogP contribution in [0.25, 0.3) is 0 Å². The van der Waals surface area contributed by atoms with E-state index in [4.69, 9.17) is 5.11 Å². The minimum absolute atomic E-state index is 0.206. The highest BCUT2D eigenvalue weighted by Crippen LogP contribution is 2.27. The predicted molar refractivity (Wildman–Crippen MR) is 62.4 cm³/mol. The number of carboxylic acids is 1. The Hall–Kier alpha value is -1.35. The first-order chi connectivity index (χ1) is 7.72. The molecular formula is C13H17NO2. The molecule has 16 heavy (non-hydrogen) atoms. The molecule has 2 unspecified atom stereocenters. The Morgan fingerprint density at radius 2 is 2.12 bits per heavy atom. The number of fused-ring (bicyclic) bond motifs is 1. The van der Waals surface area contributed by atoms with Crippen LogP contribution in [0.4, 0.5) is 0 Å². The smallest absolute Gasteiger partial charge is 0.320 e. The van der Waals surface area contributed by atoms with Crippen molar-refractivity contribution < 1.29 is 9.90 Å². The summed E-state index contributed by atoms with van der Waals surface area (Å²) in [6.07, 6.45) is 2.81. The normalized spacial score (nSPS) is 21.2. The molecule has 2 rings (SSSR count). The second-order valence-electron chi connectivity index (χ2n) is 4.38. The molecule has 0 saturated heterocycles. The third-order valence-corrected chi connectivity index (χ3v) is 3.43. The van der Waals surface area contributed by atoms with E-state index in [-0.39, 0.29) is 5.92 Å². The Kier molecular flexibility index (Phi) is 3.25. The zero-order valence-corrected chi connectivity index (χ0v) is 9.44. The van der Waals surface area contributed by atoms with E-state index in [1.54, 1.807) is 7.05 Å². The van der Waals surface area contributed by atoms with Gasteiger partial charge in [-0.15, -0.1) is 0 Å². The van der Waals surface area contributed by atoms with E-state index in [1.807, 2.05) is 12.1 Å². The third-order valence-electron chi connectivity index (χ3n) is 3.43. The third kappa shape index (κ3) is 2.09. The number of hydrogen-bond donors (Lipinski definition) is 2. The minimum atomic E-state index is -0.744. The number of aliphatic carboxylic acids is 1. The fourth-order valence-corrected chi connectivity index (χ4v) is 2.57. The van der Waals surface area contributed by atoms with Crippen molar-refractivity contribution in [3.05, 3.63) is 35.4 Å². The number of nitrogens with one attached hydrogen (secondary N) is 1. The van der Waals surface area contributed by atoms with Crippen molar-refractivity contribution in [1.82, 2.24) is 5.32 Å². The molecule has 2 N–H and O–H groups in total. The van der Waals surface area contributed by atoms with Crippen molar-refractivity contribution in [3.63, 3.8) is 0 Å². The van der Waals surface area contributed by atoms with Gasteiger partial charge in [-0.3, -0.25) is 4.79 Å². The van der Waals surface area contributed by atoms with Crippen LogP contribution in [0.3, 0.4) is 0 Å². The second kappa shape index (κ2) is 4.66. The summed E-state index contributed by atoms with van der Waals surface area (Å²) in [7, 11) is 1.72. The van der Waals surface area contributed by atoms with Crippen LogP contribution in [0, 0.1) is 5.92 Å². The number of rotatable bonds is 3. The zero-order chi connectivity index (χ0) is 11.5. The Balaban J connectivity index is 2.15. The van der Waals surface area contributed by atoms with Crippen LogP contribution in [0.2, 0.25) is 0 Å². The van der Waals surface area contributed by atoms with Gasteiger partial charge in [-0.1, -0.05) is 24.3 Å². The van der Waals surface area contributed by atoms with Crippen molar-refractivity contribution in [1.29, 1.82) is 0 Å². The van der Waals surface area contributed by atoms with Gasteiger partial charge in [-0.2, -0.15) is 0 Å². The van der Waals surface area contributed by atoms with E-state index < -0.39 is 12.0 Å². The molecule has 0 fully saturated rings. The largest absolute Gasteiger partial charge is 0.480 e. The lowest BCUT2D eigenvalue weighted by Gasteiger charge is -2.28. The Bertz CT molecular complexity index is 389. The second-order valence-corrected chi connectivity index (χ2v) is 4.38. The van der Waals surface area contributed by atoms with Gasteiger partial charge in [0.1, 0.15) is 6.04 Å². The monoisotopic (exact) mass is 219 g/mol. The molecular weight excluding hydrogens is 202 g/mol. The maximum Gasteiger partial charge on any atom is 0.320 e. The fourth-order valence-electron chi connectivity index (χ4n) is 2.57. The molecule has 1 aliphatic carbocycles. The Morgan fingerprint density at radius 1 is 1.44 bits per heavy atom. The lowest BCUT2D eigenvalue weighted by Crippen LogP contribution is -2.43. The van der Waals surface area contributed by atoms with Crippen LogP contribution in [0.5, 0.6) is 0 Å². The van der Waals surface area contributed by atoms with Crippen molar-refractivity contribution in [3.8, 4) is 0 Å². The highest BCUT2D eigenvalue weighted by molar-refractivity contribution is 5.74. The molecule has 0 spiro atoms. The SMILES string of the molecule is CNC(C(=O)O)C1CCc2ccccc2C1. The summed E-state index contributed by atoms with van der Waals surface area (Å²) in [6.45, 7) is 0. The highest BCUT2D eigenvalue weighted by Gasteiger charge is 2.29. The highest BCUT2D eigenvalue weighted by atomic mass is 16.4. The van der Waals surface area contributed by atoms with E-state index in [9.17, 15) is 4.79 Å². The molecule has 1 aromatic rings. The summed E-state index contributed by atoms with van der Waals surface area (Å²) in [5.74, 6) is -0.538. The Morgan fingerprint density at radius 3 is 2.75 bits per heavy atom. The van der Waals surface area contributed by atoms with Gasteiger partial charge in [0.25, 0.3) is 0 Å². The van der Waals surface area contributed by atoms with Gasteiger partial charge in [-0.25, -0.2) is 0 Å². The molecule has 0 aromatic heterocycles. The van der Waals surface area contributed by atoms with Gasteiger partial charge in [0.15, 0.2) is 0 Å². The number of benzene rings is 1. The molecule has 2 atom stereocenters. The number of likely N-dealkylation sites (N-methyl/N-ethyl adjacent to an activating group) is 1. The van der Waals surface area contributed by atoms with Crippen LogP contribution in [-0.4, -0.2) is 24.2 Å². The summed E-state index contributed by atoms with van der Waals surface area (Å²) in [5.41, 5.74) is 2.68. The molecule has 1 aliphatic rings. The van der Waals surface area contributed by atoms with Crippen LogP contribution in [0.15, 0.2) is 24.3 Å². The van der Waals surface area contributed by atoms with E-state index in [1.165, 1.54) is 11.1 Å². The van der Waals surface area contributed by atoms with Crippen LogP contribution >= 0.6 is 0 Å². The summed E-state index contributed by atoms with van der Waals surface area (Å²) in [6, 6.07) is 7.90. The molecule has 1 aromatic carbocycles. The first-order valence-electron chi connectivity index (χ1n) is 5.69. The van der Waals surface area contributed by atoms with E-state index >= 15 is 0 Å². The van der Waals surface area contributed by atoms with Crippen molar-refractivity contribution in [2.45, 2.75) is 25.3 Å². The van der Waals surface area contributed by atoms with E-state index in [0.29, 0.717) is 0 Å². The fraction of sp³-hybridized carbons (Fsp3) is 0.462. The predicted octanol–water partition coefficient (Wildman–Crippen LogP) is 1.46. The van der Waals surface area contributed by atoms with Gasteiger partial charge >= 0.3 is 5.97 Å². The number of carbonyl (C=O) groups is 1. The lowest BCUT2D eigenvalue weighted by atomic mass is 9.80. The van der Waals surface area contributed by atoms with Gasteiger partial charge in [0.05, 0.1) is 0 Å². The van der Waals surface area contributed by atoms with Gasteiger partial charge in [0, 0.05) is 0 Å². The van der Waals surface area contributed by atoms with Gasteiger partial charge < -0.3 is 10.4 Å². The molecule has 0 radical (unpaired) electrons. The average Bonchev–Trinajstić information content (AvgIpc) is 2.29. The molecule has 0 heterocycles. The molecule has 86 valence electrons. The average molecular weight is 219 g/mol. The van der Waals surface area contributed by atoms with Crippen LogP contribution in [-0.2, 0) is 17.6 Å². The Labute approximate surface area is 95.5 Å². The first-order valence-corrected chi connectivity index (χ1v) is 5.69. The summed E-state index contributed by atoms with van der Waals surface area (Å²) >= 11 is 0. The number of aryl methyl sites for hydroxylation is 1. The van der Waals surface area contributed by atoms with E-state index in [2.05, 4.69) is 17.4 Å². The molecule has 0 amide bonds. The maximum atomic E-state index is 11.1. The topological polar surface area (TPSA) is 49.3 Å². The minimum Gasteiger partial charge on any atom is -0.480 e. The lowest BCUT2D eigenvalue weighted by molar-refractivity contribution is -0.140. The quantitative estimate of drug-likeness (QED) is 0.809. The van der Waals surface area contributed by atoms with Crippen LogP contribution in [0.1, 0.15) is 17.5 Å². The molecule has 3 heteroatoms. The maximum absolute atomic E-state index is 11.1. The standard InChI is InChI=1S/C13H17NO2/c1-14-12(13(15)16)11-7-6-9-4-2-3-5-10(9)8-11/h2-5,11-12,14H,6-8H2,1H3,(H,15,16). The summed E-state index contributed by atoms with van der Waals surface area (Å²) < 4.78 is 0. The summed E-state index contributed by atoms with van der Waals surface area (Å²) in [5, 5.41) is 12.0. The first kappa shape index (κ1) is 11.1. The number of hydrogen-bond acceptors (Lipinski definition) is 2. The van der Waals surface area contributed by atoms with Crippen LogP contribution < -0.4 is 5.32 Å². The van der Waals surface area contributed by atoms with E-state index in [0.717, 1.165) is 19.3 Å². The zero-order valence-electron chi connectivity index (χ0n) is 9.44. The van der Waals surface area contributed by atoms with Gasteiger partial charge in [-0.05, 0) is 43.4 Å². The van der Waals surface area contributed by atoms with Crippen molar-refractivity contribution >= 4 is 5.97 Å². The summed E-state index contributed by atoms with van der Waals surface area (Å²) in [4.78, 5) is 11.1. The molecule has 0 aliphatic heterocycles. The molecule has 3 nitrogen and oxygen atoms in total. The molecule has 0 bridgehead atoms.